The van der Waals surface area contributed by atoms with E-state index in [-0.39, 0.29) is 0 Å². The highest BCUT2D eigenvalue weighted by Gasteiger charge is 2.17. The zero-order valence-electron chi connectivity index (χ0n) is 15.8. The van der Waals surface area contributed by atoms with Crippen LogP contribution in [-0.2, 0) is 0 Å². The number of nitrogens with zero attached hydrogens (tertiary/aromatic N) is 2. The standard InChI is InChI=1S/C20H34N4/c1-5-21-20(23-14-18-7-6-12-24(4)15-18)22-13-17(3)19-10-8-16(2)9-11-19/h8-11,17-18H,5-7,12-15H2,1-4H3,(H2,21,22,23). The van der Waals surface area contributed by atoms with E-state index in [2.05, 4.69) is 67.6 Å². The Bertz CT molecular complexity index is 509. The van der Waals surface area contributed by atoms with E-state index in [0.29, 0.717) is 5.92 Å². The van der Waals surface area contributed by atoms with E-state index in [0.717, 1.165) is 31.5 Å². The van der Waals surface area contributed by atoms with Crippen LogP contribution in [-0.4, -0.2) is 50.6 Å². The van der Waals surface area contributed by atoms with Crippen LogP contribution in [0.5, 0.6) is 0 Å². The van der Waals surface area contributed by atoms with Gasteiger partial charge in [-0.2, -0.15) is 0 Å². The molecule has 24 heavy (non-hydrogen) atoms. The van der Waals surface area contributed by atoms with Crippen LogP contribution < -0.4 is 10.6 Å². The van der Waals surface area contributed by atoms with Crippen LogP contribution in [0.15, 0.2) is 29.3 Å². The minimum Gasteiger partial charge on any atom is -0.357 e. The number of aryl methyl sites for hydroxylation is 1. The quantitative estimate of drug-likeness (QED) is 0.622. The number of hydrogen-bond donors (Lipinski definition) is 2. The van der Waals surface area contributed by atoms with Gasteiger partial charge in [-0.3, -0.25) is 4.99 Å². The number of benzene rings is 1. The molecule has 0 saturated carbocycles. The van der Waals surface area contributed by atoms with Gasteiger partial charge < -0.3 is 15.5 Å². The first kappa shape index (κ1) is 18.8. The van der Waals surface area contributed by atoms with Gasteiger partial charge >= 0.3 is 0 Å². The van der Waals surface area contributed by atoms with E-state index >= 15 is 0 Å². The normalized spacial score (nSPS) is 20.7. The summed E-state index contributed by atoms with van der Waals surface area (Å²) in [6.07, 6.45) is 2.62. The monoisotopic (exact) mass is 330 g/mol. The Morgan fingerprint density at radius 2 is 2.04 bits per heavy atom. The van der Waals surface area contributed by atoms with Crippen LogP contribution in [0, 0.1) is 12.8 Å². The minimum atomic E-state index is 0.432. The number of rotatable bonds is 6. The second-order valence-electron chi connectivity index (χ2n) is 7.18. The fourth-order valence-electron chi connectivity index (χ4n) is 3.25. The SMILES string of the molecule is CCNC(=NCC(C)c1ccc(C)cc1)NCC1CCCN(C)C1. The Kier molecular flexibility index (Phi) is 7.57. The molecule has 1 aliphatic rings. The van der Waals surface area contributed by atoms with Gasteiger partial charge in [0, 0.05) is 32.1 Å². The average molecular weight is 331 g/mol. The predicted molar refractivity (Wildman–Crippen MR) is 104 cm³/mol. The van der Waals surface area contributed by atoms with Crippen molar-refractivity contribution in [2.75, 3.05) is 39.8 Å². The number of likely N-dealkylation sites (tertiary alicyclic amines) is 1. The Morgan fingerprint density at radius 3 is 2.71 bits per heavy atom. The van der Waals surface area contributed by atoms with Crippen LogP contribution in [0.4, 0.5) is 0 Å². The van der Waals surface area contributed by atoms with Crippen LogP contribution in [0.25, 0.3) is 0 Å². The third-order valence-electron chi connectivity index (χ3n) is 4.79. The largest absolute Gasteiger partial charge is 0.357 e. The van der Waals surface area contributed by atoms with E-state index in [1.54, 1.807) is 0 Å². The first-order valence-corrected chi connectivity index (χ1v) is 9.35. The van der Waals surface area contributed by atoms with E-state index in [9.17, 15) is 0 Å². The van der Waals surface area contributed by atoms with Crippen molar-refractivity contribution in [2.45, 2.75) is 39.5 Å². The van der Waals surface area contributed by atoms with Crippen LogP contribution in [0.1, 0.15) is 43.7 Å². The van der Waals surface area contributed by atoms with Crippen molar-refractivity contribution in [1.29, 1.82) is 0 Å². The Labute approximate surface area is 147 Å². The molecule has 0 aromatic heterocycles. The smallest absolute Gasteiger partial charge is 0.191 e. The molecular formula is C20H34N4. The van der Waals surface area contributed by atoms with Crippen molar-refractivity contribution in [3.63, 3.8) is 0 Å². The number of nitrogens with one attached hydrogen (secondary N) is 2. The van der Waals surface area contributed by atoms with Gasteiger partial charge in [-0.25, -0.2) is 0 Å². The molecule has 4 heteroatoms. The zero-order valence-corrected chi connectivity index (χ0v) is 15.8. The molecule has 1 saturated heterocycles. The molecule has 2 atom stereocenters. The third kappa shape index (κ3) is 6.16. The maximum absolute atomic E-state index is 4.80. The molecule has 4 nitrogen and oxygen atoms in total. The molecule has 2 unspecified atom stereocenters. The van der Waals surface area contributed by atoms with Gasteiger partial charge in [-0.1, -0.05) is 36.8 Å². The van der Waals surface area contributed by atoms with Crippen LogP contribution in [0.2, 0.25) is 0 Å². The summed E-state index contributed by atoms with van der Waals surface area (Å²) >= 11 is 0. The van der Waals surface area contributed by atoms with Gasteiger partial charge in [-0.15, -0.1) is 0 Å². The minimum absolute atomic E-state index is 0.432. The Hall–Kier alpha value is -1.55. The van der Waals surface area contributed by atoms with Gasteiger partial charge in [0.15, 0.2) is 5.96 Å². The maximum atomic E-state index is 4.80. The Morgan fingerprint density at radius 1 is 1.29 bits per heavy atom. The van der Waals surface area contributed by atoms with Crippen molar-refractivity contribution in [1.82, 2.24) is 15.5 Å². The summed E-state index contributed by atoms with van der Waals surface area (Å²) in [4.78, 5) is 7.23. The molecule has 0 spiro atoms. The van der Waals surface area contributed by atoms with Gasteiger partial charge in [0.1, 0.15) is 0 Å². The lowest BCUT2D eigenvalue weighted by molar-refractivity contribution is 0.210. The molecule has 134 valence electrons. The van der Waals surface area contributed by atoms with Crippen molar-refractivity contribution in [3.8, 4) is 0 Å². The van der Waals surface area contributed by atoms with Gasteiger partial charge in [0.2, 0.25) is 0 Å². The molecule has 2 N–H and O–H groups in total. The fourth-order valence-corrected chi connectivity index (χ4v) is 3.25. The summed E-state index contributed by atoms with van der Waals surface area (Å²) in [5, 5.41) is 6.91. The first-order valence-electron chi connectivity index (χ1n) is 9.35. The fraction of sp³-hybridized carbons (Fsp3) is 0.650. The van der Waals surface area contributed by atoms with Crippen molar-refractivity contribution in [3.05, 3.63) is 35.4 Å². The van der Waals surface area contributed by atoms with Crippen LogP contribution in [0.3, 0.4) is 0 Å². The summed E-state index contributed by atoms with van der Waals surface area (Å²) in [6.45, 7) is 11.6. The van der Waals surface area contributed by atoms with E-state index in [1.165, 1.54) is 37.1 Å². The molecule has 0 radical (unpaired) electrons. The van der Waals surface area contributed by atoms with Gasteiger partial charge in [0.25, 0.3) is 0 Å². The first-order chi connectivity index (χ1) is 11.6. The summed E-state index contributed by atoms with van der Waals surface area (Å²) in [6, 6.07) is 8.79. The molecule has 2 rings (SSSR count). The Balaban J connectivity index is 1.86. The van der Waals surface area contributed by atoms with E-state index < -0.39 is 0 Å². The summed E-state index contributed by atoms with van der Waals surface area (Å²) in [5.41, 5.74) is 2.66. The topological polar surface area (TPSA) is 39.7 Å². The average Bonchev–Trinajstić information content (AvgIpc) is 2.58. The molecule has 0 amide bonds. The molecule has 0 aliphatic carbocycles. The molecular weight excluding hydrogens is 296 g/mol. The van der Waals surface area contributed by atoms with Crippen LogP contribution >= 0.6 is 0 Å². The highest BCUT2D eigenvalue weighted by molar-refractivity contribution is 5.79. The number of piperidine rings is 1. The molecule has 0 bridgehead atoms. The molecule has 1 heterocycles. The second kappa shape index (κ2) is 9.67. The number of aliphatic imine (C=N–C) groups is 1. The summed E-state index contributed by atoms with van der Waals surface area (Å²) in [5.74, 6) is 2.11. The molecule has 1 fully saturated rings. The lowest BCUT2D eigenvalue weighted by Crippen LogP contribution is -2.43. The lowest BCUT2D eigenvalue weighted by Gasteiger charge is -2.30. The van der Waals surface area contributed by atoms with Gasteiger partial charge in [-0.05, 0) is 51.8 Å². The predicted octanol–water partition coefficient (Wildman–Crippen LogP) is 3.00. The summed E-state index contributed by atoms with van der Waals surface area (Å²) < 4.78 is 0. The molecule has 1 aromatic carbocycles. The molecule has 1 aromatic rings. The van der Waals surface area contributed by atoms with E-state index in [4.69, 9.17) is 4.99 Å². The van der Waals surface area contributed by atoms with Crippen molar-refractivity contribution < 1.29 is 0 Å². The van der Waals surface area contributed by atoms with Crippen molar-refractivity contribution >= 4 is 5.96 Å². The highest BCUT2D eigenvalue weighted by atomic mass is 15.2. The van der Waals surface area contributed by atoms with Gasteiger partial charge in [0.05, 0.1) is 0 Å². The number of hydrogen-bond acceptors (Lipinski definition) is 2. The number of guanidine groups is 1. The van der Waals surface area contributed by atoms with E-state index in [1.807, 2.05) is 0 Å². The molecule has 1 aliphatic heterocycles. The highest BCUT2D eigenvalue weighted by Crippen LogP contribution is 2.16. The maximum Gasteiger partial charge on any atom is 0.191 e. The second-order valence-corrected chi connectivity index (χ2v) is 7.18. The lowest BCUT2D eigenvalue weighted by atomic mass is 9.98. The zero-order chi connectivity index (χ0) is 17.4. The summed E-state index contributed by atoms with van der Waals surface area (Å²) in [7, 11) is 2.22. The van der Waals surface area contributed by atoms with Crippen molar-refractivity contribution in [2.24, 2.45) is 10.9 Å². The third-order valence-corrected chi connectivity index (χ3v) is 4.79.